The number of furan rings is 1. The predicted octanol–water partition coefficient (Wildman–Crippen LogP) is 1.94. The maximum Gasteiger partial charge on any atom is 0.168 e. The van der Waals surface area contributed by atoms with Crippen LogP contribution in [-0.2, 0) is 5.11 Å². The van der Waals surface area contributed by atoms with Gasteiger partial charge in [0.2, 0.25) is 0 Å². The predicted molar refractivity (Wildman–Crippen MR) is 32.3 cm³/mol. The first kappa shape index (κ1) is 6.11. The van der Waals surface area contributed by atoms with E-state index in [1.165, 1.54) is 12.3 Å². The van der Waals surface area contributed by atoms with Crippen LogP contribution in [0.1, 0.15) is 11.9 Å². The molecule has 0 aliphatic rings. The molecule has 1 rings (SSSR count). The van der Waals surface area contributed by atoms with Gasteiger partial charge in [-0.05, 0) is 12.1 Å². The Kier molecular flexibility index (Phi) is 1.70. The Bertz CT molecular complexity index is 177. The standard InChI is InChI=1S/C7H7O2/c1-2-6(8)7-4-3-5-9-7/h2-6H,1H2. The maximum absolute atomic E-state index is 10.7. The molecule has 1 aromatic rings. The second-order valence-electron chi connectivity index (χ2n) is 1.67. The van der Waals surface area contributed by atoms with Crippen LogP contribution >= 0.6 is 0 Å². The van der Waals surface area contributed by atoms with Gasteiger partial charge in [0.05, 0.1) is 6.26 Å². The summed E-state index contributed by atoms with van der Waals surface area (Å²) in [5.74, 6) is 0.421. The molecule has 0 bridgehead atoms. The molecule has 1 atom stereocenters. The van der Waals surface area contributed by atoms with Gasteiger partial charge in [0.25, 0.3) is 0 Å². The molecule has 0 saturated heterocycles. The smallest absolute Gasteiger partial charge is 0.168 e. The summed E-state index contributed by atoms with van der Waals surface area (Å²) in [4.78, 5) is 0. The normalized spacial score (nSPS) is 13.0. The molecular formula is C7H7O2. The summed E-state index contributed by atoms with van der Waals surface area (Å²) in [5.41, 5.74) is 0. The molecule has 1 unspecified atom stereocenters. The third kappa shape index (κ3) is 1.21. The van der Waals surface area contributed by atoms with Gasteiger partial charge in [0, 0.05) is 0 Å². The first-order chi connectivity index (χ1) is 4.34. The lowest BCUT2D eigenvalue weighted by atomic mass is 10.3. The molecule has 0 aliphatic carbocycles. The molecule has 1 heterocycles. The second kappa shape index (κ2) is 2.51. The van der Waals surface area contributed by atoms with E-state index < -0.39 is 6.10 Å². The molecule has 0 amide bonds. The summed E-state index contributed by atoms with van der Waals surface area (Å²) in [6.07, 6.45) is 1.86. The van der Waals surface area contributed by atoms with Gasteiger partial charge in [0.1, 0.15) is 5.76 Å². The molecule has 0 N–H and O–H groups in total. The summed E-state index contributed by atoms with van der Waals surface area (Å²) in [6, 6.07) is 3.32. The van der Waals surface area contributed by atoms with E-state index >= 15 is 0 Å². The van der Waals surface area contributed by atoms with Crippen molar-refractivity contribution in [3.8, 4) is 0 Å². The van der Waals surface area contributed by atoms with Crippen molar-refractivity contribution in [2.75, 3.05) is 0 Å². The van der Waals surface area contributed by atoms with Crippen molar-refractivity contribution in [3.63, 3.8) is 0 Å². The highest BCUT2D eigenvalue weighted by Crippen LogP contribution is 2.13. The number of hydrogen-bond acceptors (Lipinski definition) is 1. The molecule has 47 valence electrons. The minimum atomic E-state index is -0.917. The zero-order valence-corrected chi connectivity index (χ0v) is 4.91. The topological polar surface area (TPSA) is 33.0 Å². The van der Waals surface area contributed by atoms with Gasteiger partial charge in [-0.25, -0.2) is 5.11 Å². The van der Waals surface area contributed by atoms with Crippen LogP contribution in [0.5, 0.6) is 0 Å². The molecule has 2 heteroatoms. The Morgan fingerprint density at radius 1 is 1.78 bits per heavy atom. The number of rotatable bonds is 2. The van der Waals surface area contributed by atoms with Crippen LogP contribution in [0.4, 0.5) is 0 Å². The second-order valence-corrected chi connectivity index (χ2v) is 1.67. The molecular weight excluding hydrogens is 116 g/mol. The first-order valence-corrected chi connectivity index (χ1v) is 2.66. The van der Waals surface area contributed by atoms with E-state index in [2.05, 4.69) is 6.58 Å². The summed E-state index contributed by atoms with van der Waals surface area (Å²) < 4.78 is 4.80. The molecule has 0 fully saturated rings. The molecule has 0 spiro atoms. The largest absolute Gasteiger partial charge is 0.466 e. The van der Waals surface area contributed by atoms with Crippen LogP contribution < -0.4 is 0 Å². The van der Waals surface area contributed by atoms with Gasteiger partial charge in [-0.3, -0.25) is 0 Å². The highest BCUT2D eigenvalue weighted by Gasteiger charge is 2.05. The van der Waals surface area contributed by atoms with Crippen LogP contribution in [0.15, 0.2) is 35.5 Å². The fourth-order valence-electron chi connectivity index (χ4n) is 0.569. The Hall–Kier alpha value is -1.02. The van der Waals surface area contributed by atoms with Crippen LogP contribution in [0.2, 0.25) is 0 Å². The van der Waals surface area contributed by atoms with Crippen molar-refractivity contribution in [2.24, 2.45) is 0 Å². The van der Waals surface area contributed by atoms with E-state index in [0.29, 0.717) is 5.76 Å². The Labute approximate surface area is 53.4 Å². The van der Waals surface area contributed by atoms with E-state index in [1.807, 2.05) is 0 Å². The highest BCUT2D eigenvalue weighted by molar-refractivity contribution is 5.06. The van der Waals surface area contributed by atoms with Crippen LogP contribution in [0.25, 0.3) is 0 Å². The lowest BCUT2D eigenvalue weighted by Gasteiger charge is -1.93. The van der Waals surface area contributed by atoms with Gasteiger partial charge in [0.15, 0.2) is 6.10 Å². The van der Waals surface area contributed by atoms with Crippen LogP contribution in [0.3, 0.4) is 0 Å². The van der Waals surface area contributed by atoms with E-state index in [0.717, 1.165) is 0 Å². The third-order valence-corrected chi connectivity index (χ3v) is 1.04. The molecule has 1 aromatic heterocycles. The fraction of sp³-hybridized carbons (Fsp3) is 0.143. The van der Waals surface area contributed by atoms with Crippen molar-refractivity contribution in [2.45, 2.75) is 6.10 Å². The van der Waals surface area contributed by atoms with E-state index in [1.54, 1.807) is 12.1 Å². The molecule has 0 aliphatic heterocycles. The minimum absolute atomic E-state index is 0.421. The average Bonchev–Trinajstić information content (AvgIpc) is 2.37. The van der Waals surface area contributed by atoms with Crippen LogP contribution in [0, 0.1) is 0 Å². The molecule has 9 heavy (non-hydrogen) atoms. The van der Waals surface area contributed by atoms with Gasteiger partial charge in [-0.15, -0.1) is 0 Å². The SMILES string of the molecule is C=CC([O])c1ccco1. The van der Waals surface area contributed by atoms with Gasteiger partial charge in [-0.1, -0.05) is 12.7 Å². The quantitative estimate of drug-likeness (QED) is 0.553. The Morgan fingerprint density at radius 3 is 3.00 bits per heavy atom. The summed E-state index contributed by atoms with van der Waals surface area (Å²) >= 11 is 0. The van der Waals surface area contributed by atoms with E-state index in [9.17, 15) is 5.11 Å². The molecule has 1 radical (unpaired) electrons. The monoisotopic (exact) mass is 123 g/mol. The first-order valence-electron chi connectivity index (χ1n) is 2.66. The van der Waals surface area contributed by atoms with Crippen molar-refractivity contribution < 1.29 is 9.52 Å². The maximum atomic E-state index is 10.7. The van der Waals surface area contributed by atoms with Crippen molar-refractivity contribution in [1.29, 1.82) is 0 Å². The summed E-state index contributed by atoms with van der Waals surface area (Å²) in [5, 5.41) is 10.7. The highest BCUT2D eigenvalue weighted by atomic mass is 16.4. The minimum Gasteiger partial charge on any atom is -0.466 e. The lowest BCUT2D eigenvalue weighted by molar-refractivity contribution is 0.110. The number of hydrogen-bond donors (Lipinski definition) is 0. The molecule has 0 saturated carbocycles. The zero-order chi connectivity index (χ0) is 6.69. The van der Waals surface area contributed by atoms with Crippen LogP contribution in [-0.4, -0.2) is 0 Å². The molecule has 2 nitrogen and oxygen atoms in total. The summed E-state index contributed by atoms with van der Waals surface area (Å²) in [6.45, 7) is 3.34. The van der Waals surface area contributed by atoms with E-state index in [-0.39, 0.29) is 0 Å². The van der Waals surface area contributed by atoms with E-state index in [4.69, 9.17) is 4.42 Å². The van der Waals surface area contributed by atoms with Gasteiger partial charge >= 0.3 is 0 Å². The Morgan fingerprint density at radius 2 is 2.56 bits per heavy atom. The Balaban J connectivity index is 2.76. The van der Waals surface area contributed by atoms with Crippen molar-refractivity contribution >= 4 is 0 Å². The molecule has 0 aromatic carbocycles. The van der Waals surface area contributed by atoms with Gasteiger partial charge < -0.3 is 4.42 Å². The third-order valence-electron chi connectivity index (χ3n) is 1.04. The summed E-state index contributed by atoms with van der Waals surface area (Å²) in [7, 11) is 0. The lowest BCUT2D eigenvalue weighted by Crippen LogP contribution is -1.84. The average molecular weight is 123 g/mol. The van der Waals surface area contributed by atoms with Crippen molar-refractivity contribution in [1.82, 2.24) is 0 Å². The van der Waals surface area contributed by atoms with Gasteiger partial charge in [-0.2, -0.15) is 0 Å². The van der Waals surface area contributed by atoms with Crippen molar-refractivity contribution in [3.05, 3.63) is 36.8 Å². The fourth-order valence-corrected chi connectivity index (χ4v) is 0.569. The zero-order valence-electron chi connectivity index (χ0n) is 4.91.